The molecule has 0 radical (unpaired) electrons. The highest BCUT2D eigenvalue weighted by Crippen LogP contribution is 2.33. The van der Waals surface area contributed by atoms with Gasteiger partial charge in [-0.05, 0) is 36.1 Å². The minimum atomic E-state index is 0.173. The van der Waals surface area contributed by atoms with Crippen molar-refractivity contribution in [2.75, 3.05) is 0 Å². The number of pyridine rings is 1. The smallest absolute Gasteiger partial charge is 0.220 e. The summed E-state index contributed by atoms with van der Waals surface area (Å²) in [6.45, 7) is 4.40. The fraction of sp³-hybridized carbons (Fsp3) is 0.412. The van der Waals surface area contributed by atoms with Gasteiger partial charge in [-0.15, -0.1) is 0 Å². The lowest BCUT2D eigenvalue weighted by Crippen LogP contribution is -2.29. The van der Waals surface area contributed by atoms with Crippen molar-refractivity contribution in [3.05, 3.63) is 42.1 Å². The lowest BCUT2D eigenvalue weighted by molar-refractivity contribution is -0.119. The monoisotopic (exact) mass is 268 g/mol. The number of rotatable bonds is 3. The minimum absolute atomic E-state index is 0.173. The summed E-state index contributed by atoms with van der Waals surface area (Å²) in [6.07, 6.45) is 3.44. The zero-order chi connectivity index (χ0) is 14.1. The number of amides is 1. The van der Waals surface area contributed by atoms with Crippen LogP contribution in [0.2, 0.25) is 0 Å². The van der Waals surface area contributed by atoms with Crippen molar-refractivity contribution in [3.8, 4) is 0 Å². The molecule has 1 aromatic carbocycles. The molecule has 0 aliphatic carbocycles. The first-order valence-corrected chi connectivity index (χ1v) is 7.27. The molecule has 3 nitrogen and oxygen atoms in total. The SMILES string of the molecule is CC(C)CC1NC(=O)CC1c1ccc2ncccc2c1. The Hall–Kier alpha value is -1.90. The first-order valence-electron chi connectivity index (χ1n) is 7.27. The summed E-state index contributed by atoms with van der Waals surface area (Å²) in [5.41, 5.74) is 2.25. The van der Waals surface area contributed by atoms with Crippen LogP contribution in [0.5, 0.6) is 0 Å². The maximum atomic E-state index is 11.8. The molecule has 1 N–H and O–H groups in total. The molecule has 0 saturated carbocycles. The van der Waals surface area contributed by atoms with Crippen LogP contribution in [-0.2, 0) is 4.79 Å². The Morgan fingerprint density at radius 3 is 3.00 bits per heavy atom. The number of nitrogens with zero attached hydrogens (tertiary/aromatic N) is 1. The van der Waals surface area contributed by atoms with Gasteiger partial charge in [0.1, 0.15) is 0 Å². The lowest BCUT2D eigenvalue weighted by Gasteiger charge is -2.21. The number of hydrogen-bond donors (Lipinski definition) is 1. The second kappa shape index (κ2) is 5.23. The first kappa shape index (κ1) is 13.1. The molecular formula is C17H20N2O. The van der Waals surface area contributed by atoms with Crippen LogP contribution < -0.4 is 5.32 Å². The number of benzene rings is 1. The van der Waals surface area contributed by atoms with E-state index in [4.69, 9.17) is 0 Å². The van der Waals surface area contributed by atoms with Crippen LogP contribution in [0.3, 0.4) is 0 Å². The zero-order valence-corrected chi connectivity index (χ0v) is 12.0. The van der Waals surface area contributed by atoms with E-state index in [1.807, 2.05) is 12.3 Å². The van der Waals surface area contributed by atoms with Crippen molar-refractivity contribution in [1.29, 1.82) is 0 Å². The molecule has 1 aliphatic heterocycles. The van der Waals surface area contributed by atoms with Gasteiger partial charge in [-0.3, -0.25) is 9.78 Å². The third-order valence-electron chi connectivity index (χ3n) is 4.02. The molecule has 2 heterocycles. The topological polar surface area (TPSA) is 42.0 Å². The van der Waals surface area contributed by atoms with Gasteiger partial charge < -0.3 is 5.32 Å². The summed E-state index contributed by atoms with van der Waals surface area (Å²) in [6, 6.07) is 10.6. The van der Waals surface area contributed by atoms with E-state index in [0.717, 1.165) is 17.3 Å². The third-order valence-corrected chi connectivity index (χ3v) is 4.02. The Kier molecular flexibility index (Phi) is 3.43. The Morgan fingerprint density at radius 1 is 1.35 bits per heavy atom. The Labute approximate surface area is 119 Å². The quantitative estimate of drug-likeness (QED) is 0.928. The Morgan fingerprint density at radius 2 is 2.20 bits per heavy atom. The molecule has 1 fully saturated rings. The number of hydrogen-bond acceptors (Lipinski definition) is 2. The van der Waals surface area contributed by atoms with E-state index < -0.39 is 0 Å². The van der Waals surface area contributed by atoms with E-state index in [1.54, 1.807) is 0 Å². The highest BCUT2D eigenvalue weighted by molar-refractivity contribution is 5.82. The highest BCUT2D eigenvalue weighted by Gasteiger charge is 2.33. The molecular weight excluding hydrogens is 248 g/mol. The normalized spacial score (nSPS) is 22.4. The highest BCUT2D eigenvalue weighted by atomic mass is 16.2. The molecule has 1 amide bonds. The van der Waals surface area contributed by atoms with Gasteiger partial charge in [-0.1, -0.05) is 26.0 Å². The molecule has 2 aromatic rings. The summed E-state index contributed by atoms with van der Waals surface area (Å²) in [4.78, 5) is 16.1. The van der Waals surface area contributed by atoms with E-state index in [9.17, 15) is 4.79 Å². The molecule has 1 aliphatic rings. The van der Waals surface area contributed by atoms with Crippen molar-refractivity contribution in [3.63, 3.8) is 0 Å². The van der Waals surface area contributed by atoms with Crippen molar-refractivity contribution in [2.45, 2.75) is 38.6 Å². The minimum Gasteiger partial charge on any atom is -0.353 e. The van der Waals surface area contributed by atoms with Crippen LogP contribution in [0, 0.1) is 5.92 Å². The zero-order valence-electron chi connectivity index (χ0n) is 12.0. The van der Waals surface area contributed by atoms with Crippen molar-refractivity contribution in [1.82, 2.24) is 10.3 Å². The largest absolute Gasteiger partial charge is 0.353 e. The van der Waals surface area contributed by atoms with Gasteiger partial charge in [0.2, 0.25) is 5.91 Å². The standard InChI is InChI=1S/C17H20N2O/c1-11(2)8-16-14(10-17(20)19-16)12-5-6-15-13(9-12)4-3-7-18-15/h3-7,9,11,14,16H,8,10H2,1-2H3,(H,19,20). The lowest BCUT2D eigenvalue weighted by atomic mass is 9.87. The average Bonchev–Trinajstić information content (AvgIpc) is 2.78. The van der Waals surface area contributed by atoms with E-state index >= 15 is 0 Å². The summed E-state index contributed by atoms with van der Waals surface area (Å²) in [5.74, 6) is 1.05. The summed E-state index contributed by atoms with van der Waals surface area (Å²) in [7, 11) is 0. The van der Waals surface area contributed by atoms with Gasteiger partial charge in [0, 0.05) is 30.0 Å². The van der Waals surface area contributed by atoms with Crippen molar-refractivity contribution >= 4 is 16.8 Å². The van der Waals surface area contributed by atoms with Crippen LogP contribution >= 0.6 is 0 Å². The predicted molar refractivity (Wildman–Crippen MR) is 80.5 cm³/mol. The van der Waals surface area contributed by atoms with Crippen LogP contribution in [0.1, 0.15) is 38.2 Å². The number of nitrogens with one attached hydrogen (secondary N) is 1. The van der Waals surface area contributed by atoms with Crippen LogP contribution in [0.4, 0.5) is 0 Å². The molecule has 104 valence electrons. The number of aromatic nitrogens is 1. The molecule has 1 aromatic heterocycles. The maximum absolute atomic E-state index is 11.8. The van der Waals surface area contributed by atoms with Crippen molar-refractivity contribution < 1.29 is 4.79 Å². The predicted octanol–water partition coefficient (Wildman–Crippen LogP) is 3.25. The van der Waals surface area contributed by atoms with Crippen LogP contribution in [-0.4, -0.2) is 16.9 Å². The second-order valence-electron chi connectivity index (χ2n) is 6.07. The van der Waals surface area contributed by atoms with E-state index in [1.165, 1.54) is 5.56 Å². The van der Waals surface area contributed by atoms with Gasteiger partial charge in [0.05, 0.1) is 5.52 Å². The van der Waals surface area contributed by atoms with E-state index in [2.05, 4.69) is 48.4 Å². The number of fused-ring (bicyclic) bond motifs is 1. The fourth-order valence-corrected chi connectivity index (χ4v) is 3.11. The van der Waals surface area contributed by atoms with Gasteiger partial charge in [-0.25, -0.2) is 0 Å². The molecule has 0 bridgehead atoms. The second-order valence-corrected chi connectivity index (χ2v) is 6.07. The molecule has 1 saturated heterocycles. The summed E-state index contributed by atoms with van der Waals surface area (Å²) >= 11 is 0. The van der Waals surface area contributed by atoms with Gasteiger partial charge >= 0.3 is 0 Å². The van der Waals surface area contributed by atoms with Crippen molar-refractivity contribution in [2.24, 2.45) is 5.92 Å². The molecule has 2 unspecified atom stereocenters. The van der Waals surface area contributed by atoms with Crippen LogP contribution in [0.25, 0.3) is 10.9 Å². The van der Waals surface area contributed by atoms with Crippen LogP contribution in [0.15, 0.2) is 36.5 Å². The first-order chi connectivity index (χ1) is 9.63. The molecule has 20 heavy (non-hydrogen) atoms. The van der Waals surface area contributed by atoms with E-state index in [-0.39, 0.29) is 17.9 Å². The summed E-state index contributed by atoms with van der Waals surface area (Å²) in [5, 5.41) is 4.27. The molecule has 3 heteroatoms. The number of carbonyl (C=O) groups excluding carboxylic acids is 1. The molecule has 0 spiro atoms. The number of carbonyl (C=O) groups is 1. The van der Waals surface area contributed by atoms with Gasteiger partial charge in [0.15, 0.2) is 0 Å². The average molecular weight is 268 g/mol. The molecule has 3 rings (SSSR count). The Balaban J connectivity index is 1.93. The summed E-state index contributed by atoms with van der Waals surface area (Å²) < 4.78 is 0. The van der Waals surface area contributed by atoms with Gasteiger partial charge in [0.25, 0.3) is 0 Å². The Bertz CT molecular complexity index is 636. The fourth-order valence-electron chi connectivity index (χ4n) is 3.11. The van der Waals surface area contributed by atoms with E-state index in [0.29, 0.717) is 12.3 Å². The molecule has 2 atom stereocenters. The maximum Gasteiger partial charge on any atom is 0.220 e. The third kappa shape index (κ3) is 2.53. The van der Waals surface area contributed by atoms with Gasteiger partial charge in [-0.2, -0.15) is 0 Å².